The van der Waals surface area contributed by atoms with Crippen LogP contribution in [-0.4, -0.2) is 12.5 Å². The summed E-state index contributed by atoms with van der Waals surface area (Å²) in [5.74, 6) is 0. The van der Waals surface area contributed by atoms with Crippen LogP contribution in [0.4, 0.5) is 0 Å². The number of ether oxygens (including phenoxy) is 1. The van der Waals surface area contributed by atoms with Crippen molar-refractivity contribution in [1.29, 1.82) is 0 Å². The van der Waals surface area contributed by atoms with Gasteiger partial charge in [-0.15, -0.1) is 24.8 Å². The van der Waals surface area contributed by atoms with Crippen LogP contribution in [0.3, 0.4) is 0 Å². The van der Waals surface area contributed by atoms with E-state index in [0.717, 1.165) is 0 Å². The Hall–Kier alpha value is 0.460. The van der Waals surface area contributed by atoms with Gasteiger partial charge in [0.1, 0.15) is 12.5 Å². The van der Waals surface area contributed by atoms with E-state index in [1.165, 1.54) is 0 Å². The van der Waals surface area contributed by atoms with Crippen LogP contribution in [0.1, 0.15) is 13.8 Å². The highest BCUT2D eigenvalue weighted by molar-refractivity contribution is 5.85. The fourth-order valence-electron chi connectivity index (χ4n) is 0.339. The summed E-state index contributed by atoms with van der Waals surface area (Å²) in [5.41, 5.74) is 10.4. The molecule has 5 heteroatoms. The van der Waals surface area contributed by atoms with Crippen LogP contribution in [0.15, 0.2) is 0 Å². The van der Waals surface area contributed by atoms with E-state index in [1.807, 2.05) is 0 Å². The van der Waals surface area contributed by atoms with Gasteiger partial charge in [-0.1, -0.05) is 0 Å². The van der Waals surface area contributed by atoms with Gasteiger partial charge < -0.3 is 16.2 Å². The lowest BCUT2D eigenvalue weighted by molar-refractivity contribution is 0.0161. The normalized spacial score (nSPS) is 14.7. The molecule has 0 aliphatic carbocycles. The average Bonchev–Trinajstić information content (AvgIpc) is 1.27. The van der Waals surface area contributed by atoms with Gasteiger partial charge in [-0.25, -0.2) is 0 Å². The first kappa shape index (κ1) is 16.2. The van der Waals surface area contributed by atoms with Crippen LogP contribution >= 0.6 is 24.8 Å². The van der Waals surface area contributed by atoms with E-state index in [-0.39, 0.29) is 37.3 Å². The fraction of sp³-hybridized carbons (Fsp3) is 1.00. The molecule has 0 heterocycles. The Kier molecular flexibility index (Phi) is 15.3. The molecule has 3 nitrogen and oxygen atoms in total. The minimum atomic E-state index is -0.250. The number of rotatable bonds is 2. The van der Waals surface area contributed by atoms with Crippen LogP contribution in [0, 0.1) is 0 Å². The first-order valence-corrected chi connectivity index (χ1v) is 2.29. The van der Waals surface area contributed by atoms with Crippen LogP contribution in [0.5, 0.6) is 0 Å². The Bertz CT molecular complexity index is 45.8. The van der Waals surface area contributed by atoms with E-state index in [1.54, 1.807) is 13.8 Å². The number of hydrogen-bond donors (Lipinski definition) is 2. The SMILES string of the molecule is CC(N)OC(C)N.Cl.Cl. The summed E-state index contributed by atoms with van der Waals surface area (Å²) in [7, 11) is 0. The maximum atomic E-state index is 5.19. The minimum Gasteiger partial charge on any atom is -0.346 e. The molecule has 2 unspecified atom stereocenters. The Morgan fingerprint density at radius 2 is 1.22 bits per heavy atom. The lowest BCUT2D eigenvalue weighted by Gasteiger charge is -2.09. The standard InChI is InChI=1S/C4H12N2O.2ClH/c1-3(5)7-4(2)6;;/h3-4H,5-6H2,1-2H3;2*1H. The van der Waals surface area contributed by atoms with Gasteiger partial charge in [-0.3, -0.25) is 0 Å². The van der Waals surface area contributed by atoms with Crippen molar-refractivity contribution >= 4 is 24.8 Å². The van der Waals surface area contributed by atoms with E-state index in [4.69, 9.17) is 16.2 Å². The fourth-order valence-corrected chi connectivity index (χ4v) is 0.339. The lowest BCUT2D eigenvalue weighted by Crippen LogP contribution is -2.29. The molecule has 0 bridgehead atoms. The summed E-state index contributed by atoms with van der Waals surface area (Å²) in [6.45, 7) is 3.48. The van der Waals surface area contributed by atoms with Crippen molar-refractivity contribution < 1.29 is 4.74 Å². The van der Waals surface area contributed by atoms with Gasteiger partial charge in [0.25, 0.3) is 0 Å². The van der Waals surface area contributed by atoms with E-state index in [0.29, 0.717) is 0 Å². The Morgan fingerprint density at radius 3 is 1.22 bits per heavy atom. The van der Waals surface area contributed by atoms with Gasteiger partial charge in [0.2, 0.25) is 0 Å². The second kappa shape index (κ2) is 8.46. The number of halogens is 2. The van der Waals surface area contributed by atoms with E-state index in [9.17, 15) is 0 Å². The molecule has 0 aromatic carbocycles. The van der Waals surface area contributed by atoms with Crippen LogP contribution < -0.4 is 11.5 Å². The molecule has 0 saturated heterocycles. The smallest absolute Gasteiger partial charge is 0.104 e. The molecule has 0 aliphatic heterocycles. The molecule has 0 aromatic heterocycles. The highest BCUT2D eigenvalue weighted by Crippen LogP contribution is 1.81. The predicted octanol–water partition coefficient (Wildman–Crippen LogP) is 0.456. The zero-order valence-electron chi connectivity index (χ0n) is 5.53. The monoisotopic (exact) mass is 176 g/mol. The highest BCUT2D eigenvalue weighted by atomic mass is 35.5. The summed E-state index contributed by atoms with van der Waals surface area (Å²) < 4.78 is 4.81. The molecule has 4 N–H and O–H groups in total. The highest BCUT2D eigenvalue weighted by Gasteiger charge is 1.94. The van der Waals surface area contributed by atoms with Crippen molar-refractivity contribution in [2.24, 2.45) is 11.5 Å². The molecule has 60 valence electrons. The zero-order valence-corrected chi connectivity index (χ0v) is 7.17. The van der Waals surface area contributed by atoms with Crippen molar-refractivity contribution in [1.82, 2.24) is 0 Å². The molecule has 0 aliphatic rings. The molecule has 0 amide bonds. The Labute approximate surface area is 67.9 Å². The van der Waals surface area contributed by atoms with Gasteiger partial charge in [0, 0.05) is 0 Å². The van der Waals surface area contributed by atoms with Gasteiger partial charge in [0.15, 0.2) is 0 Å². The van der Waals surface area contributed by atoms with E-state index < -0.39 is 0 Å². The second-order valence-electron chi connectivity index (χ2n) is 1.55. The molecule has 2 atom stereocenters. The van der Waals surface area contributed by atoms with Crippen LogP contribution in [0.2, 0.25) is 0 Å². The first-order chi connectivity index (χ1) is 3.13. The molecule has 0 spiro atoms. The van der Waals surface area contributed by atoms with Crippen molar-refractivity contribution in [2.75, 3.05) is 0 Å². The first-order valence-electron chi connectivity index (χ1n) is 2.29. The molecule has 0 rings (SSSR count). The lowest BCUT2D eigenvalue weighted by atomic mass is 10.6. The maximum absolute atomic E-state index is 5.19. The Morgan fingerprint density at radius 1 is 1.00 bits per heavy atom. The summed E-state index contributed by atoms with van der Waals surface area (Å²) in [4.78, 5) is 0. The number of nitrogens with two attached hydrogens (primary N) is 2. The van der Waals surface area contributed by atoms with Crippen LogP contribution in [0.25, 0.3) is 0 Å². The topological polar surface area (TPSA) is 61.3 Å². The molecule has 0 radical (unpaired) electrons. The summed E-state index contributed by atoms with van der Waals surface area (Å²) in [5, 5.41) is 0. The van der Waals surface area contributed by atoms with Crippen molar-refractivity contribution in [3.63, 3.8) is 0 Å². The Balaban J connectivity index is -0.000000180. The third-order valence-electron chi connectivity index (χ3n) is 0.429. The van der Waals surface area contributed by atoms with Gasteiger partial charge >= 0.3 is 0 Å². The third-order valence-corrected chi connectivity index (χ3v) is 0.429. The van der Waals surface area contributed by atoms with Gasteiger partial charge in [-0.2, -0.15) is 0 Å². The quantitative estimate of drug-likeness (QED) is 0.602. The second-order valence-corrected chi connectivity index (χ2v) is 1.55. The maximum Gasteiger partial charge on any atom is 0.104 e. The predicted molar refractivity (Wildman–Crippen MR) is 42.9 cm³/mol. The molecular formula is C4H14Cl2N2O. The van der Waals surface area contributed by atoms with Gasteiger partial charge in [0.05, 0.1) is 0 Å². The van der Waals surface area contributed by atoms with E-state index in [2.05, 4.69) is 0 Å². The molecule has 0 saturated carbocycles. The molecule has 0 aromatic rings. The molecule has 9 heavy (non-hydrogen) atoms. The zero-order chi connectivity index (χ0) is 5.86. The van der Waals surface area contributed by atoms with Crippen LogP contribution in [-0.2, 0) is 4.74 Å². The minimum absolute atomic E-state index is 0. The van der Waals surface area contributed by atoms with Gasteiger partial charge in [-0.05, 0) is 13.8 Å². The van der Waals surface area contributed by atoms with Crippen molar-refractivity contribution in [3.05, 3.63) is 0 Å². The van der Waals surface area contributed by atoms with Crippen molar-refractivity contribution in [3.8, 4) is 0 Å². The van der Waals surface area contributed by atoms with Crippen molar-refractivity contribution in [2.45, 2.75) is 26.3 Å². The molecular weight excluding hydrogens is 163 g/mol. The average molecular weight is 177 g/mol. The number of hydrogen-bond acceptors (Lipinski definition) is 3. The molecule has 0 fully saturated rings. The summed E-state index contributed by atoms with van der Waals surface area (Å²) in [6.07, 6.45) is -0.500. The summed E-state index contributed by atoms with van der Waals surface area (Å²) >= 11 is 0. The summed E-state index contributed by atoms with van der Waals surface area (Å²) in [6, 6.07) is 0. The largest absolute Gasteiger partial charge is 0.346 e. The third kappa shape index (κ3) is 17.7. The van der Waals surface area contributed by atoms with E-state index >= 15 is 0 Å².